The summed E-state index contributed by atoms with van der Waals surface area (Å²) >= 11 is 5.95. The second-order valence-electron chi connectivity index (χ2n) is 4.86. The Hall–Kier alpha value is -2.14. The topological polar surface area (TPSA) is 58.1 Å². The van der Waals surface area contributed by atoms with E-state index in [-0.39, 0.29) is 11.1 Å². The lowest BCUT2D eigenvalue weighted by Crippen LogP contribution is -2.22. The van der Waals surface area contributed by atoms with Crippen molar-refractivity contribution in [2.75, 3.05) is 23.3 Å². The van der Waals surface area contributed by atoms with E-state index in [1.807, 2.05) is 6.07 Å². The molecule has 108 valence electrons. The Bertz CT molecular complexity index is 656. The highest BCUT2D eigenvalue weighted by Gasteiger charge is 2.19. The fourth-order valence-electron chi connectivity index (χ4n) is 2.42. The third-order valence-corrected chi connectivity index (χ3v) is 3.75. The van der Waals surface area contributed by atoms with Gasteiger partial charge in [-0.25, -0.2) is 9.97 Å². The molecule has 1 aliphatic rings. The van der Waals surface area contributed by atoms with Crippen molar-refractivity contribution in [3.8, 4) is 0 Å². The minimum Gasteiger partial charge on any atom is -0.355 e. The average molecular weight is 303 g/mol. The third-order valence-electron chi connectivity index (χ3n) is 3.44. The number of hydrogen-bond acceptors (Lipinski definition) is 4. The molecule has 0 radical (unpaired) electrons. The van der Waals surface area contributed by atoms with Crippen LogP contribution in [0.5, 0.6) is 0 Å². The van der Waals surface area contributed by atoms with E-state index in [1.165, 1.54) is 0 Å². The summed E-state index contributed by atoms with van der Waals surface area (Å²) in [6, 6.07) is 6.99. The molecule has 1 fully saturated rings. The number of halogens is 1. The standard InChI is InChI=1S/C15H15ClN4O/c16-13-11(5-3-7-17-13)15(21)19-12-6-4-8-18-14(12)20-9-1-2-10-20/h3-8H,1-2,9-10H2,(H,19,21). The Balaban J connectivity index is 1.85. The zero-order valence-electron chi connectivity index (χ0n) is 11.4. The van der Waals surface area contributed by atoms with Gasteiger partial charge in [0.15, 0.2) is 5.82 Å². The van der Waals surface area contributed by atoms with Crippen molar-refractivity contribution in [1.29, 1.82) is 0 Å². The van der Waals surface area contributed by atoms with Gasteiger partial charge >= 0.3 is 0 Å². The number of nitrogens with zero attached hydrogens (tertiary/aromatic N) is 3. The molecule has 0 unspecified atom stereocenters. The SMILES string of the molecule is O=C(Nc1cccnc1N1CCCC1)c1cccnc1Cl. The van der Waals surface area contributed by atoms with Gasteiger partial charge in [-0.1, -0.05) is 11.6 Å². The quantitative estimate of drug-likeness (QED) is 0.886. The van der Waals surface area contributed by atoms with Crippen molar-refractivity contribution < 1.29 is 4.79 Å². The summed E-state index contributed by atoms with van der Waals surface area (Å²) in [5.41, 5.74) is 1.06. The summed E-state index contributed by atoms with van der Waals surface area (Å²) in [5.74, 6) is 0.532. The van der Waals surface area contributed by atoms with Gasteiger partial charge < -0.3 is 10.2 Å². The van der Waals surface area contributed by atoms with Gasteiger partial charge in [-0.2, -0.15) is 0 Å². The molecule has 6 heteroatoms. The predicted octanol–water partition coefficient (Wildman–Crippen LogP) is 2.98. The van der Waals surface area contributed by atoms with Crippen molar-refractivity contribution in [3.05, 3.63) is 47.4 Å². The highest BCUT2D eigenvalue weighted by molar-refractivity contribution is 6.33. The fraction of sp³-hybridized carbons (Fsp3) is 0.267. The number of nitrogens with one attached hydrogen (secondary N) is 1. The van der Waals surface area contributed by atoms with Crippen LogP contribution in [0.3, 0.4) is 0 Å². The van der Waals surface area contributed by atoms with Crippen molar-refractivity contribution in [2.24, 2.45) is 0 Å². The van der Waals surface area contributed by atoms with E-state index in [2.05, 4.69) is 20.2 Å². The van der Waals surface area contributed by atoms with Gasteiger partial charge in [-0.15, -0.1) is 0 Å². The molecule has 5 nitrogen and oxygen atoms in total. The van der Waals surface area contributed by atoms with Gasteiger partial charge in [0.1, 0.15) is 5.15 Å². The van der Waals surface area contributed by atoms with E-state index in [0.29, 0.717) is 11.3 Å². The largest absolute Gasteiger partial charge is 0.355 e. The molecule has 1 aliphatic heterocycles. The van der Waals surface area contributed by atoms with Gasteiger partial charge in [0.05, 0.1) is 11.3 Å². The molecule has 0 aromatic carbocycles. The number of hydrogen-bond donors (Lipinski definition) is 1. The molecule has 2 aromatic heterocycles. The van der Waals surface area contributed by atoms with Crippen molar-refractivity contribution >= 4 is 29.0 Å². The Labute approximate surface area is 128 Å². The summed E-state index contributed by atoms with van der Waals surface area (Å²) in [4.78, 5) is 22.8. The summed E-state index contributed by atoms with van der Waals surface area (Å²) in [6.45, 7) is 1.93. The normalized spacial score (nSPS) is 14.2. The number of pyridine rings is 2. The van der Waals surface area contributed by atoms with Crippen LogP contribution in [-0.4, -0.2) is 29.0 Å². The lowest BCUT2D eigenvalue weighted by Gasteiger charge is -2.20. The monoisotopic (exact) mass is 302 g/mol. The van der Waals surface area contributed by atoms with Crippen molar-refractivity contribution in [2.45, 2.75) is 12.8 Å². The zero-order valence-corrected chi connectivity index (χ0v) is 12.2. The van der Waals surface area contributed by atoms with Crippen molar-refractivity contribution in [1.82, 2.24) is 9.97 Å². The molecule has 1 amide bonds. The van der Waals surface area contributed by atoms with Crippen LogP contribution in [0.2, 0.25) is 5.15 Å². The van der Waals surface area contributed by atoms with Crippen molar-refractivity contribution in [3.63, 3.8) is 0 Å². The van der Waals surface area contributed by atoms with E-state index in [4.69, 9.17) is 11.6 Å². The van der Waals surface area contributed by atoms with Crippen LogP contribution in [0, 0.1) is 0 Å². The number of carbonyl (C=O) groups is 1. The van der Waals surface area contributed by atoms with Gasteiger partial charge in [-0.05, 0) is 37.1 Å². The maximum Gasteiger partial charge on any atom is 0.258 e. The van der Waals surface area contributed by atoms with Crippen LogP contribution in [0.1, 0.15) is 23.2 Å². The highest BCUT2D eigenvalue weighted by Crippen LogP contribution is 2.26. The minimum atomic E-state index is -0.276. The molecule has 3 heterocycles. The van der Waals surface area contributed by atoms with Gasteiger partial charge in [0.25, 0.3) is 5.91 Å². The van der Waals surface area contributed by atoms with E-state index >= 15 is 0 Å². The fourth-order valence-corrected chi connectivity index (χ4v) is 2.63. The van der Waals surface area contributed by atoms with E-state index in [1.54, 1.807) is 30.6 Å². The molecule has 0 bridgehead atoms. The van der Waals surface area contributed by atoms with Crippen LogP contribution in [-0.2, 0) is 0 Å². The maximum atomic E-state index is 12.3. The molecular formula is C15H15ClN4O. The summed E-state index contributed by atoms with van der Waals surface area (Å²) < 4.78 is 0. The summed E-state index contributed by atoms with van der Waals surface area (Å²) in [7, 11) is 0. The first-order valence-corrected chi connectivity index (χ1v) is 7.25. The van der Waals surface area contributed by atoms with Crippen LogP contribution in [0.25, 0.3) is 0 Å². The maximum absolute atomic E-state index is 12.3. The zero-order chi connectivity index (χ0) is 14.7. The molecule has 2 aromatic rings. The average Bonchev–Trinajstić information content (AvgIpc) is 3.02. The Kier molecular flexibility index (Phi) is 4.01. The molecule has 1 saturated heterocycles. The van der Waals surface area contributed by atoms with Gasteiger partial charge in [0.2, 0.25) is 0 Å². The van der Waals surface area contributed by atoms with Crippen LogP contribution in [0.4, 0.5) is 11.5 Å². The minimum absolute atomic E-state index is 0.196. The Morgan fingerprint density at radius 2 is 1.86 bits per heavy atom. The Morgan fingerprint density at radius 3 is 2.62 bits per heavy atom. The molecule has 3 rings (SSSR count). The predicted molar refractivity (Wildman–Crippen MR) is 82.9 cm³/mol. The van der Waals surface area contributed by atoms with Gasteiger partial charge in [0, 0.05) is 25.5 Å². The number of amides is 1. The molecule has 1 N–H and O–H groups in total. The molecule has 0 saturated carbocycles. The molecule has 0 atom stereocenters. The lowest BCUT2D eigenvalue weighted by atomic mass is 10.2. The first-order valence-electron chi connectivity index (χ1n) is 6.87. The number of rotatable bonds is 3. The lowest BCUT2D eigenvalue weighted by molar-refractivity contribution is 0.102. The number of anilines is 2. The second-order valence-corrected chi connectivity index (χ2v) is 5.22. The van der Waals surface area contributed by atoms with E-state index < -0.39 is 0 Å². The highest BCUT2D eigenvalue weighted by atomic mass is 35.5. The number of carbonyl (C=O) groups excluding carboxylic acids is 1. The molecule has 0 spiro atoms. The summed E-state index contributed by atoms with van der Waals surface area (Å²) in [5, 5.41) is 3.07. The molecule has 21 heavy (non-hydrogen) atoms. The smallest absolute Gasteiger partial charge is 0.258 e. The molecule has 0 aliphatic carbocycles. The third kappa shape index (κ3) is 2.97. The first kappa shape index (κ1) is 13.8. The van der Waals surface area contributed by atoms with E-state index in [0.717, 1.165) is 31.7 Å². The molecular weight excluding hydrogens is 288 g/mol. The number of aromatic nitrogens is 2. The van der Waals surface area contributed by atoms with E-state index in [9.17, 15) is 4.79 Å². The second kappa shape index (κ2) is 6.10. The van der Waals surface area contributed by atoms with Gasteiger partial charge in [-0.3, -0.25) is 4.79 Å². The Morgan fingerprint density at radius 1 is 1.14 bits per heavy atom. The summed E-state index contributed by atoms with van der Waals surface area (Å²) in [6.07, 6.45) is 5.59. The first-order chi connectivity index (χ1) is 10.3. The van der Waals surface area contributed by atoms with Crippen LogP contribution in [0.15, 0.2) is 36.7 Å². The van der Waals surface area contributed by atoms with Crippen LogP contribution >= 0.6 is 11.6 Å². The van der Waals surface area contributed by atoms with Crippen LogP contribution < -0.4 is 10.2 Å².